The first kappa shape index (κ1) is 16.7. The van der Waals surface area contributed by atoms with Gasteiger partial charge >= 0.3 is 5.69 Å². The van der Waals surface area contributed by atoms with Crippen LogP contribution in [0.3, 0.4) is 0 Å². The van der Waals surface area contributed by atoms with Crippen LogP contribution < -0.4 is 25.5 Å². The molecule has 0 N–H and O–H groups in total. The lowest BCUT2D eigenvalue weighted by molar-refractivity contribution is 0.324. The zero-order chi connectivity index (χ0) is 17.3. The summed E-state index contributed by atoms with van der Waals surface area (Å²) in [5.41, 5.74) is 0.818. The highest BCUT2D eigenvalue weighted by Gasteiger charge is 2.19. The van der Waals surface area contributed by atoms with Crippen molar-refractivity contribution in [3.63, 3.8) is 0 Å². The van der Waals surface area contributed by atoms with Crippen molar-refractivity contribution in [3.05, 3.63) is 38.7 Å². The van der Waals surface area contributed by atoms with Crippen molar-refractivity contribution in [2.24, 2.45) is 14.1 Å². The highest BCUT2D eigenvalue weighted by atomic mass is 16.5. The Bertz CT molecular complexity index is 839. The van der Waals surface area contributed by atoms with E-state index in [1.807, 2.05) is 0 Å². The summed E-state index contributed by atoms with van der Waals surface area (Å²) in [7, 11) is 7.60. The minimum atomic E-state index is -0.375. The number of nitrogens with zero attached hydrogens (tertiary/aromatic N) is 2. The Morgan fingerprint density at radius 1 is 0.870 bits per heavy atom. The van der Waals surface area contributed by atoms with Gasteiger partial charge in [-0.3, -0.25) is 9.36 Å². The molecule has 1 heterocycles. The predicted octanol–water partition coefficient (Wildman–Crippen LogP) is 1.09. The second-order valence-corrected chi connectivity index (χ2v) is 5.08. The maximum atomic E-state index is 12.6. The normalized spacial score (nSPS) is 10.5. The summed E-state index contributed by atoms with van der Waals surface area (Å²) in [5, 5.41) is 0. The number of hydrogen-bond acceptors (Lipinski definition) is 5. The van der Waals surface area contributed by atoms with Crippen molar-refractivity contribution >= 4 is 0 Å². The number of hydrogen-bond donors (Lipinski definition) is 0. The van der Waals surface area contributed by atoms with Gasteiger partial charge in [-0.15, -0.1) is 0 Å². The van der Waals surface area contributed by atoms with Crippen LogP contribution in [0.15, 0.2) is 21.7 Å². The van der Waals surface area contributed by atoms with Crippen molar-refractivity contribution in [2.45, 2.75) is 6.92 Å². The lowest BCUT2D eigenvalue weighted by atomic mass is 10.0. The van der Waals surface area contributed by atoms with Crippen molar-refractivity contribution in [1.29, 1.82) is 0 Å². The fraction of sp³-hybridized carbons (Fsp3) is 0.375. The van der Waals surface area contributed by atoms with Crippen LogP contribution in [0, 0.1) is 6.92 Å². The molecule has 0 fully saturated rings. The predicted molar refractivity (Wildman–Crippen MR) is 86.8 cm³/mol. The van der Waals surface area contributed by atoms with Crippen LogP contribution in [0.2, 0.25) is 0 Å². The smallest absolute Gasteiger partial charge is 0.330 e. The molecule has 0 atom stereocenters. The molecule has 7 heteroatoms. The third kappa shape index (κ3) is 2.58. The van der Waals surface area contributed by atoms with E-state index >= 15 is 0 Å². The van der Waals surface area contributed by atoms with Gasteiger partial charge in [-0.25, -0.2) is 4.79 Å². The fourth-order valence-electron chi connectivity index (χ4n) is 2.50. The van der Waals surface area contributed by atoms with Crippen LogP contribution in [-0.4, -0.2) is 30.5 Å². The molecule has 0 bridgehead atoms. The van der Waals surface area contributed by atoms with Crippen LogP contribution in [0.25, 0.3) is 11.1 Å². The van der Waals surface area contributed by atoms with E-state index in [9.17, 15) is 9.59 Å². The van der Waals surface area contributed by atoms with Crippen molar-refractivity contribution in [2.75, 3.05) is 21.3 Å². The highest BCUT2D eigenvalue weighted by Crippen LogP contribution is 2.40. The van der Waals surface area contributed by atoms with Gasteiger partial charge in [0.15, 0.2) is 11.5 Å². The van der Waals surface area contributed by atoms with E-state index in [0.717, 1.165) is 4.57 Å². The van der Waals surface area contributed by atoms with Crippen LogP contribution in [-0.2, 0) is 14.1 Å². The van der Waals surface area contributed by atoms with Gasteiger partial charge < -0.3 is 18.8 Å². The first-order valence-electron chi connectivity index (χ1n) is 6.94. The summed E-state index contributed by atoms with van der Waals surface area (Å²) in [6, 6.07) is 3.38. The van der Waals surface area contributed by atoms with Crippen LogP contribution in [0.4, 0.5) is 0 Å². The molecule has 1 aromatic heterocycles. The van der Waals surface area contributed by atoms with Crippen LogP contribution in [0.1, 0.15) is 5.69 Å². The molecule has 0 spiro atoms. The molecule has 0 aliphatic heterocycles. The third-order valence-corrected chi connectivity index (χ3v) is 3.91. The Morgan fingerprint density at radius 2 is 1.39 bits per heavy atom. The monoisotopic (exact) mass is 320 g/mol. The van der Waals surface area contributed by atoms with Gasteiger partial charge in [0.2, 0.25) is 5.75 Å². The number of ether oxygens (including phenoxy) is 3. The van der Waals surface area contributed by atoms with Gasteiger partial charge in [0, 0.05) is 19.8 Å². The minimum absolute atomic E-state index is 0.372. The Hall–Kier alpha value is -2.70. The number of rotatable bonds is 4. The molecule has 23 heavy (non-hydrogen) atoms. The van der Waals surface area contributed by atoms with Gasteiger partial charge in [0.05, 0.1) is 26.9 Å². The largest absolute Gasteiger partial charge is 0.493 e. The number of benzene rings is 1. The summed E-state index contributed by atoms with van der Waals surface area (Å²) >= 11 is 0. The summed E-state index contributed by atoms with van der Waals surface area (Å²) in [6.07, 6.45) is 0. The standard InChI is InChI=1S/C16H20N2O5/c1-9-13(15(19)18(3)16(20)17(9)2)10-7-11(21-4)14(23-6)12(8-10)22-5/h7-8H,1-6H3. The Kier molecular flexibility index (Phi) is 4.49. The summed E-state index contributed by atoms with van der Waals surface area (Å²) < 4.78 is 18.4. The van der Waals surface area contributed by atoms with Crippen LogP contribution in [0.5, 0.6) is 17.2 Å². The molecular weight excluding hydrogens is 300 g/mol. The molecule has 0 aliphatic rings. The summed E-state index contributed by atoms with van der Waals surface area (Å²) in [4.78, 5) is 24.6. The fourth-order valence-corrected chi connectivity index (χ4v) is 2.50. The van der Waals surface area contributed by atoms with Gasteiger partial charge in [-0.05, 0) is 24.6 Å². The summed E-state index contributed by atoms with van der Waals surface area (Å²) in [5.74, 6) is 1.33. The first-order valence-corrected chi connectivity index (χ1v) is 6.94. The quantitative estimate of drug-likeness (QED) is 0.843. The lowest BCUT2D eigenvalue weighted by Crippen LogP contribution is -2.39. The molecule has 0 amide bonds. The van der Waals surface area contributed by atoms with Crippen molar-refractivity contribution < 1.29 is 14.2 Å². The zero-order valence-electron chi connectivity index (χ0n) is 14.1. The molecule has 124 valence electrons. The van der Waals surface area contributed by atoms with Crippen molar-refractivity contribution in [1.82, 2.24) is 9.13 Å². The second-order valence-electron chi connectivity index (χ2n) is 5.08. The molecule has 7 nitrogen and oxygen atoms in total. The molecule has 1 aromatic carbocycles. The molecule has 0 radical (unpaired) electrons. The average molecular weight is 320 g/mol. The molecule has 2 rings (SSSR count). The molecule has 0 aliphatic carbocycles. The second kappa shape index (κ2) is 6.20. The van der Waals surface area contributed by atoms with E-state index in [-0.39, 0.29) is 11.2 Å². The lowest BCUT2D eigenvalue weighted by Gasteiger charge is -2.16. The number of methoxy groups -OCH3 is 3. The van der Waals surface area contributed by atoms with Gasteiger partial charge in [0.25, 0.3) is 5.56 Å². The van der Waals surface area contributed by atoms with Gasteiger partial charge in [-0.2, -0.15) is 0 Å². The molecule has 2 aromatic rings. The Labute approximate surface area is 133 Å². The maximum absolute atomic E-state index is 12.6. The van der Waals surface area contributed by atoms with E-state index in [4.69, 9.17) is 14.2 Å². The van der Waals surface area contributed by atoms with E-state index in [1.165, 1.54) is 32.9 Å². The molecule has 0 unspecified atom stereocenters. The van der Waals surface area contributed by atoms with Gasteiger partial charge in [-0.1, -0.05) is 0 Å². The van der Waals surface area contributed by atoms with E-state index in [1.54, 1.807) is 26.1 Å². The Morgan fingerprint density at radius 3 is 1.83 bits per heavy atom. The SMILES string of the molecule is COc1cc(-c2c(C)n(C)c(=O)n(C)c2=O)cc(OC)c1OC. The van der Waals surface area contributed by atoms with E-state index in [2.05, 4.69) is 0 Å². The third-order valence-electron chi connectivity index (χ3n) is 3.91. The van der Waals surface area contributed by atoms with E-state index in [0.29, 0.717) is 34.1 Å². The van der Waals surface area contributed by atoms with Crippen LogP contribution >= 0.6 is 0 Å². The topological polar surface area (TPSA) is 71.7 Å². The average Bonchev–Trinajstić information content (AvgIpc) is 2.57. The van der Waals surface area contributed by atoms with Crippen molar-refractivity contribution in [3.8, 4) is 28.4 Å². The first-order chi connectivity index (χ1) is 10.9. The minimum Gasteiger partial charge on any atom is -0.493 e. The number of aromatic nitrogens is 2. The molecule has 0 saturated heterocycles. The zero-order valence-corrected chi connectivity index (χ0v) is 14.1. The Balaban J connectivity index is 2.88. The highest BCUT2D eigenvalue weighted by molar-refractivity contribution is 5.72. The maximum Gasteiger partial charge on any atom is 0.330 e. The molecular formula is C16H20N2O5. The molecule has 0 saturated carbocycles. The van der Waals surface area contributed by atoms with Gasteiger partial charge in [0.1, 0.15) is 0 Å². The van der Waals surface area contributed by atoms with E-state index < -0.39 is 0 Å². The summed E-state index contributed by atoms with van der Waals surface area (Å²) in [6.45, 7) is 1.72.